The highest BCUT2D eigenvalue weighted by molar-refractivity contribution is 6.34. The zero-order valence-corrected chi connectivity index (χ0v) is 13.8. The van der Waals surface area contributed by atoms with Crippen molar-refractivity contribution in [3.8, 4) is 0 Å². The number of carbonyl (C=O) groups excluding carboxylic acids is 3. The lowest BCUT2D eigenvalue weighted by Crippen LogP contribution is -2.33. The van der Waals surface area contributed by atoms with Gasteiger partial charge in [-0.15, -0.1) is 0 Å². The summed E-state index contributed by atoms with van der Waals surface area (Å²) in [5, 5.41) is 0.234. The molecule has 2 fully saturated rings. The van der Waals surface area contributed by atoms with E-state index >= 15 is 0 Å². The molecule has 1 saturated heterocycles. The van der Waals surface area contributed by atoms with Gasteiger partial charge >= 0.3 is 5.97 Å². The number of amides is 2. The Morgan fingerprint density at radius 2 is 1.83 bits per heavy atom. The van der Waals surface area contributed by atoms with E-state index in [1.807, 2.05) is 12.2 Å². The van der Waals surface area contributed by atoms with Crippen molar-refractivity contribution in [2.24, 2.45) is 23.7 Å². The van der Waals surface area contributed by atoms with Crippen LogP contribution in [-0.2, 0) is 14.3 Å². The van der Waals surface area contributed by atoms with Crippen LogP contribution in [0.2, 0.25) is 5.02 Å². The van der Waals surface area contributed by atoms with Crippen LogP contribution in [0, 0.1) is 23.7 Å². The number of hydrogen-bond donors (Lipinski definition) is 0. The average molecular weight is 346 g/mol. The highest BCUT2D eigenvalue weighted by atomic mass is 35.5. The molecule has 2 amide bonds. The topological polar surface area (TPSA) is 63.7 Å². The highest BCUT2D eigenvalue weighted by Gasteiger charge is 2.59. The lowest BCUT2D eigenvalue weighted by atomic mass is 9.85. The number of rotatable bonds is 3. The fourth-order valence-electron chi connectivity index (χ4n) is 4.17. The first-order valence-corrected chi connectivity index (χ1v) is 8.43. The molecule has 3 aliphatic rings. The maximum absolute atomic E-state index is 12.8. The van der Waals surface area contributed by atoms with Gasteiger partial charge in [0.1, 0.15) is 0 Å². The smallest absolute Gasteiger partial charge is 0.339 e. The molecule has 2 bridgehead atoms. The summed E-state index contributed by atoms with van der Waals surface area (Å²) >= 11 is 6.06. The predicted molar refractivity (Wildman–Crippen MR) is 87.6 cm³/mol. The van der Waals surface area contributed by atoms with Crippen LogP contribution in [0.5, 0.6) is 0 Å². The van der Waals surface area contributed by atoms with E-state index in [4.69, 9.17) is 16.3 Å². The molecule has 2 aliphatic carbocycles. The standard InChI is InChI=1S/C18H16ClNO4/c1-2-24-18(23)12-8-11(5-6-13(12)19)20-16(21)14-9-3-4-10(7-9)15(14)17(20)22/h3-6,8-10,14-15H,2,7H2,1H3/t9-,10-,14-,15-/m0/s1. The third kappa shape index (κ3) is 2.04. The molecule has 4 atom stereocenters. The fourth-order valence-corrected chi connectivity index (χ4v) is 4.37. The van der Waals surface area contributed by atoms with Crippen LogP contribution in [0.4, 0.5) is 5.69 Å². The van der Waals surface area contributed by atoms with Crippen molar-refractivity contribution in [3.63, 3.8) is 0 Å². The van der Waals surface area contributed by atoms with Gasteiger partial charge in [-0.05, 0) is 43.4 Å². The Hall–Kier alpha value is -2.14. The van der Waals surface area contributed by atoms with E-state index in [9.17, 15) is 14.4 Å². The first-order valence-electron chi connectivity index (χ1n) is 8.05. The Balaban J connectivity index is 1.70. The van der Waals surface area contributed by atoms with Crippen LogP contribution in [-0.4, -0.2) is 24.4 Å². The summed E-state index contributed by atoms with van der Waals surface area (Å²) in [7, 11) is 0. The minimum absolute atomic E-state index is 0.151. The second kappa shape index (κ2) is 5.45. The average Bonchev–Trinajstić information content (AvgIpc) is 3.23. The Morgan fingerprint density at radius 3 is 2.42 bits per heavy atom. The van der Waals surface area contributed by atoms with Crippen molar-refractivity contribution in [1.82, 2.24) is 0 Å². The maximum Gasteiger partial charge on any atom is 0.339 e. The minimum atomic E-state index is -0.564. The summed E-state index contributed by atoms with van der Waals surface area (Å²) < 4.78 is 4.98. The Labute approximate surface area is 144 Å². The Bertz CT molecular complexity index is 757. The van der Waals surface area contributed by atoms with Crippen LogP contribution >= 0.6 is 11.6 Å². The zero-order chi connectivity index (χ0) is 17.0. The molecule has 0 radical (unpaired) electrons. The predicted octanol–water partition coefficient (Wildman–Crippen LogP) is 2.83. The van der Waals surface area contributed by atoms with Crippen LogP contribution in [0.1, 0.15) is 23.7 Å². The van der Waals surface area contributed by atoms with E-state index in [-0.39, 0.29) is 52.7 Å². The fraction of sp³-hybridized carbons (Fsp3) is 0.389. The summed E-state index contributed by atoms with van der Waals surface area (Å²) in [4.78, 5) is 38.8. The molecule has 1 aliphatic heterocycles. The third-order valence-corrected chi connectivity index (χ3v) is 5.50. The summed E-state index contributed by atoms with van der Waals surface area (Å²) in [5.74, 6) is -1.16. The Morgan fingerprint density at radius 1 is 1.21 bits per heavy atom. The first-order chi connectivity index (χ1) is 11.5. The van der Waals surface area contributed by atoms with Gasteiger partial charge in [-0.1, -0.05) is 23.8 Å². The molecule has 1 aromatic carbocycles. The van der Waals surface area contributed by atoms with E-state index in [1.54, 1.807) is 13.0 Å². The van der Waals surface area contributed by atoms with Crippen LogP contribution in [0.3, 0.4) is 0 Å². The van der Waals surface area contributed by atoms with Gasteiger partial charge in [-0.3, -0.25) is 9.59 Å². The van der Waals surface area contributed by atoms with Gasteiger partial charge in [-0.25, -0.2) is 9.69 Å². The number of halogens is 1. The largest absolute Gasteiger partial charge is 0.462 e. The number of anilines is 1. The lowest BCUT2D eigenvalue weighted by molar-refractivity contribution is -0.123. The molecule has 1 saturated carbocycles. The van der Waals surface area contributed by atoms with Crippen molar-refractivity contribution in [1.29, 1.82) is 0 Å². The number of carbonyl (C=O) groups is 3. The molecule has 1 aromatic rings. The molecule has 24 heavy (non-hydrogen) atoms. The number of allylic oxidation sites excluding steroid dienone is 2. The first kappa shape index (κ1) is 15.4. The number of nitrogens with zero attached hydrogens (tertiary/aromatic N) is 1. The molecule has 1 heterocycles. The normalized spacial score (nSPS) is 30.2. The van der Waals surface area contributed by atoms with E-state index in [0.29, 0.717) is 5.69 Å². The number of hydrogen-bond acceptors (Lipinski definition) is 4. The maximum atomic E-state index is 12.8. The molecule has 5 nitrogen and oxygen atoms in total. The van der Waals surface area contributed by atoms with Crippen molar-refractivity contribution < 1.29 is 19.1 Å². The third-order valence-electron chi connectivity index (χ3n) is 5.17. The summed E-state index contributed by atoms with van der Waals surface area (Å²) in [6.07, 6.45) is 4.98. The van der Waals surface area contributed by atoms with Gasteiger partial charge in [0.05, 0.1) is 34.7 Å². The van der Waals surface area contributed by atoms with E-state index in [1.165, 1.54) is 17.0 Å². The molecular weight excluding hydrogens is 330 g/mol. The molecule has 0 unspecified atom stereocenters. The number of fused-ring (bicyclic) bond motifs is 5. The summed E-state index contributed by atoms with van der Waals surface area (Å²) in [5.41, 5.74) is 0.543. The van der Waals surface area contributed by atoms with E-state index in [0.717, 1.165) is 6.42 Å². The number of benzene rings is 1. The van der Waals surface area contributed by atoms with Gasteiger partial charge in [0.25, 0.3) is 0 Å². The van der Waals surface area contributed by atoms with Gasteiger partial charge in [0.2, 0.25) is 11.8 Å². The highest BCUT2D eigenvalue weighted by Crippen LogP contribution is 2.53. The quantitative estimate of drug-likeness (QED) is 0.480. The summed E-state index contributed by atoms with van der Waals surface area (Å²) in [6, 6.07) is 4.58. The van der Waals surface area contributed by atoms with E-state index < -0.39 is 5.97 Å². The van der Waals surface area contributed by atoms with Crippen LogP contribution < -0.4 is 4.90 Å². The second-order valence-electron chi connectivity index (χ2n) is 6.40. The lowest BCUT2D eigenvalue weighted by Gasteiger charge is -2.18. The van der Waals surface area contributed by atoms with Crippen molar-refractivity contribution >= 4 is 35.1 Å². The SMILES string of the molecule is CCOC(=O)c1cc(N2C(=O)[C@@H]3[C@@H](C2=O)[C@H]2C=C[C@H]3C2)ccc1Cl. The monoisotopic (exact) mass is 345 g/mol. The number of ether oxygens (including phenoxy) is 1. The van der Waals surface area contributed by atoms with Crippen molar-refractivity contribution in [2.45, 2.75) is 13.3 Å². The van der Waals surface area contributed by atoms with Gasteiger partial charge < -0.3 is 4.74 Å². The second-order valence-corrected chi connectivity index (χ2v) is 6.80. The van der Waals surface area contributed by atoms with Gasteiger partial charge in [0, 0.05) is 0 Å². The van der Waals surface area contributed by atoms with Gasteiger partial charge in [0.15, 0.2) is 0 Å². The molecule has 4 rings (SSSR count). The molecule has 0 aromatic heterocycles. The molecule has 6 heteroatoms. The van der Waals surface area contributed by atoms with Gasteiger partial charge in [-0.2, -0.15) is 0 Å². The molecule has 0 spiro atoms. The molecule has 124 valence electrons. The molecular formula is C18H16ClNO4. The Kier molecular flexibility index (Phi) is 3.49. The zero-order valence-electron chi connectivity index (χ0n) is 13.1. The number of imide groups is 1. The van der Waals surface area contributed by atoms with E-state index in [2.05, 4.69) is 0 Å². The number of esters is 1. The van der Waals surface area contributed by atoms with Crippen molar-refractivity contribution in [2.75, 3.05) is 11.5 Å². The van der Waals surface area contributed by atoms with Crippen LogP contribution in [0.25, 0.3) is 0 Å². The van der Waals surface area contributed by atoms with Crippen molar-refractivity contribution in [3.05, 3.63) is 40.9 Å². The molecule has 0 N–H and O–H groups in total. The van der Waals surface area contributed by atoms with Crippen LogP contribution in [0.15, 0.2) is 30.4 Å². The summed E-state index contributed by atoms with van der Waals surface area (Å²) in [6.45, 7) is 1.92. The minimum Gasteiger partial charge on any atom is -0.462 e.